The second-order valence-corrected chi connectivity index (χ2v) is 3.61. The van der Waals surface area contributed by atoms with Gasteiger partial charge in [-0.2, -0.15) is 0 Å². The molecule has 1 aliphatic carbocycles. The molecule has 1 N–H and O–H groups in total. The summed E-state index contributed by atoms with van der Waals surface area (Å²) in [6.07, 6.45) is 4.25. The molecule has 1 aliphatic rings. The maximum atomic E-state index is 9.68. The second kappa shape index (κ2) is 3.00. The summed E-state index contributed by atoms with van der Waals surface area (Å²) in [6, 6.07) is 3.79. The molecule has 0 aromatic carbocycles. The summed E-state index contributed by atoms with van der Waals surface area (Å²) in [4.78, 5) is 4.00. The molecule has 0 atom stereocenters. The summed E-state index contributed by atoms with van der Waals surface area (Å²) in [5.41, 5.74) is 0.652. The minimum absolute atomic E-state index is 0.438. The van der Waals surface area contributed by atoms with Gasteiger partial charge < -0.3 is 9.84 Å². The van der Waals surface area contributed by atoms with Gasteiger partial charge in [-0.25, -0.2) is 4.98 Å². The van der Waals surface area contributed by atoms with Gasteiger partial charge in [0.05, 0.1) is 12.7 Å². The first-order valence-electron chi connectivity index (χ1n) is 4.43. The number of nitrogens with zero attached hydrogens (tertiary/aromatic N) is 1. The number of hydrogen-bond donors (Lipinski definition) is 1. The Morgan fingerprint density at radius 1 is 1.62 bits per heavy atom. The van der Waals surface area contributed by atoms with Crippen molar-refractivity contribution in [2.24, 2.45) is 0 Å². The number of aliphatic hydroxyl groups is 1. The summed E-state index contributed by atoms with van der Waals surface area (Å²) in [7, 11) is 1.60. The molecule has 13 heavy (non-hydrogen) atoms. The molecular formula is C10H13NO2. The van der Waals surface area contributed by atoms with Crippen LogP contribution < -0.4 is 4.74 Å². The fourth-order valence-corrected chi connectivity index (χ4v) is 1.37. The van der Waals surface area contributed by atoms with E-state index < -0.39 is 5.60 Å². The molecule has 1 heterocycles. The standard InChI is InChI=1S/C10H13NO2/c1-13-9-6-8(2-5-11-9)7-10(12)3-4-10/h2,5-6,12H,3-4,7H2,1H3. The van der Waals surface area contributed by atoms with E-state index in [2.05, 4.69) is 4.98 Å². The molecule has 70 valence electrons. The van der Waals surface area contributed by atoms with Gasteiger partial charge in [-0.15, -0.1) is 0 Å². The minimum Gasteiger partial charge on any atom is -0.481 e. The van der Waals surface area contributed by atoms with Gasteiger partial charge in [0.15, 0.2) is 0 Å². The zero-order chi connectivity index (χ0) is 9.31. The topological polar surface area (TPSA) is 42.4 Å². The number of aromatic nitrogens is 1. The van der Waals surface area contributed by atoms with Crippen LogP contribution in [0.3, 0.4) is 0 Å². The van der Waals surface area contributed by atoms with E-state index in [0.717, 1.165) is 18.4 Å². The number of methoxy groups -OCH3 is 1. The van der Waals surface area contributed by atoms with Crippen molar-refractivity contribution < 1.29 is 9.84 Å². The lowest BCUT2D eigenvalue weighted by Gasteiger charge is -2.07. The van der Waals surface area contributed by atoms with Crippen molar-refractivity contribution in [3.05, 3.63) is 23.9 Å². The molecule has 0 saturated heterocycles. The minimum atomic E-state index is -0.438. The van der Waals surface area contributed by atoms with Crippen molar-refractivity contribution in [2.45, 2.75) is 24.9 Å². The lowest BCUT2D eigenvalue weighted by Crippen LogP contribution is -2.10. The van der Waals surface area contributed by atoms with Gasteiger partial charge in [-0.05, 0) is 24.5 Å². The zero-order valence-corrected chi connectivity index (χ0v) is 7.66. The Kier molecular flexibility index (Phi) is 1.96. The predicted octanol–water partition coefficient (Wildman–Crippen LogP) is 1.16. The highest BCUT2D eigenvalue weighted by molar-refractivity contribution is 5.23. The van der Waals surface area contributed by atoms with Crippen LogP contribution >= 0.6 is 0 Å². The maximum Gasteiger partial charge on any atom is 0.213 e. The molecule has 0 bridgehead atoms. The molecule has 0 amide bonds. The van der Waals surface area contributed by atoms with Crippen LogP contribution in [-0.2, 0) is 6.42 Å². The van der Waals surface area contributed by atoms with E-state index in [1.54, 1.807) is 13.3 Å². The first-order chi connectivity index (χ1) is 6.22. The van der Waals surface area contributed by atoms with Crippen molar-refractivity contribution in [3.63, 3.8) is 0 Å². The third kappa shape index (κ3) is 1.98. The van der Waals surface area contributed by atoms with Crippen molar-refractivity contribution in [2.75, 3.05) is 7.11 Å². The lowest BCUT2D eigenvalue weighted by molar-refractivity contribution is 0.151. The third-order valence-corrected chi connectivity index (χ3v) is 2.37. The van der Waals surface area contributed by atoms with Crippen molar-refractivity contribution in [1.82, 2.24) is 4.98 Å². The largest absolute Gasteiger partial charge is 0.481 e. The molecule has 3 nitrogen and oxygen atoms in total. The summed E-state index contributed by atoms with van der Waals surface area (Å²) in [5.74, 6) is 0.613. The highest BCUT2D eigenvalue weighted by Crippen LogP contribution is 2.38. The Morgan fingerprint density at radius 2 is 2.38 bits per heavy atom. The average Bonchev–Trinajstić information content (AvgIpc) is 2.84. The summed E-state index contributed by atoms with van der Waals surface area (Å²) >= 11 is 0. The molecule has 2 rings (SSSR count). The van der Waals surface area contributed by atoms with Crippen LogP contribution in [-0.4, -0.2) is 22.8 Å². The Bertz CT molecular complexity index is 308. The van der Waals surface area contributed by atoms with Crippen LogP contribution in [0.1, 0.15) is 18.4 Å². The number of pyridine rings is 1. The van der Waals surface area contributed by atoms with E-state index in [1.807, 2.05) is 12.1 Å². The highest BCUT2D eigenvalue weighted by Gasteiger charge is 2.40. The fourth-order valence-electron chi connectivity index (χ4n) is 1.37. The van der Waals surface area contributed by atoms with Gasteiger partial charge in [0.1, 0.15) is 0 Å². The fraction of sp³-hybridized carbons (Fsp3) is 0.500. The molecule has 3 heteroatoms. The quantitative estimate of drug-likeness (QED) is 0.757. The molecule has 0 radical (unpaired) electrons. The van der Waals surface area contributed by atoms with Crippen LogP contribution in [0.4, 0.5) is 0 Å². The zero-order valence-electron chi connectivity index (χ0n) is 7.66. The summed E-state index contributed by atoms with van der Waals surface area (Å²) < 4.78 is 5.00. The number of ether oxygens (including phenoxy) is 1. The van der Waals surface area contributed by atoms with Crippen LogP contribution in [0.5, 0.6) is 5.88 Å². The van der Waals surface area contributed by atoms with Crippen molar-refractivity contribution in [1.29, 1.82) is 0 Å². The second-order valence-electron chi connectivity index (χ2n) is 3.61. The normalized spacial score (nSPS) is 18.3. The van der Waals surface area contributed by atoms with Crippen LogP contribution in [0, 0.1) is 0 Å². The maximum absolute atomic E-state index is 9.68. The van der Waals surface area contributed by atoms with Gasteiger partial charge in [-0.3, -0.25) is 0 Å². The molecule has 1 aromatic heterocycles. The molecular weight excluding hydrogens is 166 g/mol. The summed E-state index contributed by atoms with van der Waals surface area (Å²) in [5, 5.41) is 9.68. The number of hydrogen-bond acceptors (Lipinski definition) is 3. The predicted molar refractivity (Wildman–Crippen MR) is 48.7 cm³/mol. The molecule has 1 saturated carbocycles. The first-order valence-corrected chi connectivity index (χ1v) is 4.43. The third-order valence-electron chi connectivity index (χ3n) is 2.37. The van der Waals surface area contributed by atoms with Crippen LogP contribution in [0.15, 0.2) is 18.3 Å². The lowest BCUT2D eigenvalue weighted by atomic mass is 10.1. The van der Waals surface area contributed by atoms with Crippen molar-refractivity contribution >= 4 is 0 Å². The smallest absolute Gasteiger partial charge is 0.213 e. The van der Waals surface area contributed by atoms with E-state index in [-0.39, 0.29) is 0 Å². The Hall–Kier alpha value is -1.09. The van der Waals surface area contributed by atoms with E-state index >= 15 is 0 Å². The Morgan fingerprint density at radius 3 is 3.00 bits per heavy atom. The molecule has 0 unspecified atom stereocenters. The van der Waals surface area contributed by atoms with Gasteiger partial charge in [0.25, 0.3) is 0 Å². The number of rotatable bonds is 3. The highest BCUT2D eigenvalue weighted by atomic mass is 16.5. The van der Waals surface area contributed by atoms with Gasteiger partial charge in [-0.1, -0.05) is 0 Å². The van der Waals surface area contributed by atoms with E-state index in [9.17, 15) is 5.11 Å². The van der Waals surface area contributed by atoms with Gasteiger partial charge >= 0.3 is 0 Å². The van der Waals surface area contributed by atoms with Crippen molar-refractivity contribution in [3.8, 4) is 5.88 Å². The Labute approximate surface area is 77.4 Å². The van der Waals surface area contributed by atoms with Gasteiger partial charge in [0.2, 0.25) is 5.88 Å². The molecule has 0 aliphatic heterocycles. The van der Waals surface area contributed by atoms with Crippen LogP contribution in [0.25, 0.3) is 0 Å². The van der Waals surface area contributed by atoms with E-state index in [4.69, 9.17) is 4.74 Å². The monoisotopic (exact) mass is 179 g/mol. The van der Waals surface area contributed by atoms with E-state index in [0.29, 0.717) is 12.3 Å². The average molecular weight is 179 g/mol. The molecule has 1 fully saturated rings. The Balaban J connectivity index is 2.11. The van der Waals surface area contributed by atoms with Crippen LogP contribution in [0.2, 0.25) is 0 Å². The first kappa shape index (κ1) is 8.51. The van der Waals surface area contributed by atoms with E-state index in [1.165, 1.54) is 0 Å². The van der Waals surface area contributed by atoms with Gasteiger partial charge in [0, 0.05) is 18.7 Å². The SMILES string of the molecule is COc1cc(CC2(O)CC2)ccn1. The molecule has 1 aromatic rings. The summed E-state index contributed by atoms with van der Waals surface area (Å²) in [6.45, 7) is 0. The molecule has 0 spiro atoms.